The second-order valence-electron chi connectivity index (χ2n) is 4.92. The number of para-hydroxylation sites is 1. The molecule has 7 heteroatoms. The summed E-state index contributed by atoms with van der Waals surface area (Å²) in [5.41, 5.74) is 0.883. The summed E-state index contributed by atoms with van der Waals surface area (Å²) in [6, 6.07) is 11.4. The molecule has 3 rings (SSSR count). The molecule has 0 saturated heterocycles. The first kappa shape index (κ1) is 15.5. The van der Waals surface area contributed by atoms with Gasteiger partial charge in [-0.25, -0.2) is 0 Å². The van der Waals surface area contributed by atoms with Gasteiger partial charge >= 0.3 is 0 Å². The Morgan fingerprint density at radius 2 is 1.48 bits per heavy atom. The molecule has 0 radical (unpaired) electrons. The van der Waals surface area contributed by atoms with Crippen LogP contribution in [-0.2, 0) is 4.79 Å². The van der Waals surface area contributed by atoms with Gasteiger partial charge in [0.1, 0.15) is 6.54 Å². The van der Waals surface area contributed by atoms with Crippen molar-refractivity contribution in [2.75, 3.05) is 11.9 Å². The van der Waals surface area contributed by atoms with E-state index in [1.165, 1.54) is 12.1 Å². The quantitative estimate of drug-likeness (QED) is 0.866. The van der Waals surface area contributed by atoms with Crippen molar-refractivity contribution in [1.82, 2.24) is 4.90 Å². The number of halogens is 2. The van der Waals surface area contributed by atoms with Crippen LogP contribution in [0.4, 0.5) is 5.69 Å². The molecular formula is C16H10Cl2N2O3. The van der Waals surface area contributed by atoms with Crippen LogP contribution in [0.3, 0.4) is 0 Å². The normalized spacial score (nSPS) is 13.2. The zero-order valence-electron chi connectivity index (χ0n) is 11.7. The Hall–Kier alpha value is -2.37. The van der Waals surface area contributed by atoms with Gasteiger partial charge < -0.3 is 5.32 Å². The number of carbonyl (C=O) groups is 3. The van der Waals surface area contributed by atoms with Gasteiger partial charge in [-0.05, 0) is 24.3 Å². The van der Waals surface area contributed by atoms with Crippen molar-refractivity contribution in [3.05, 3.63) is 63.6 Å². The summed E-state index contributed by atoms with van der Waals surface area (Å²) in [5, 5.41) is 2.99. The van der Waals surface area contributed by atoms with Gasteiger partial charge in [0.05, 0.1) is 21.2 Å². The van der Waals surface area contributed by atoms with Crippen molar-refractivity contribution in [2.45, 2.75) is 0 Å². The van der Waals surface area contributed by atoms with Crippen molar-refractivity contribution in [3.8, 4) is 0 Å². The minimum atomic E-state index is -0.563. The molecule has 3 amide bonds. The van der Waals surface area contributed by atoms with Crippen molar-refractivity contribution in [2.24, 2.45) is 0 Å². The third-order valence-electron chi connectivity index (χ3n) is 3.37. The number of carbonyl (C=O) groups excluding carboxylic acids is 3. The van der Waals surface area contributed by atoms with E-state index in [4.69, 9.17) is 23.2 Å². The molecule has 0 aliphatic carbocycles. The molecule has 0 bridgehead atoms. The fourth-order valence-electron chi connectivity index (χ4n) is 2.29. The first-order chi connectivity index (χ1) is 11.0. The highest BCUT2D eigenvalue weighted by Crippen LogP contribution is 2.31. The monoisotopic (exact) mass is 348 g/mol. The summed E-state index contributed by atoms with van der Waals surface area (Å²) >= 11 is 11.7. The van der Waals surface area contributed by atoms with Crippen LogP contribution in [0.5, 0.6) is 0 Å². The molecule has 1 aliphatic rings. The van der Waals surface area contributed by atoms with Crippen LogP contribution in [0.15, 0.2) is 42.5 Å². The molecule has 116 valence electrons. The molecule has 0 unspecified atom stereocenters. The van der Waals surface area contributed by atoms with E-state index in [0.29, 0.717) is 5.69 Å². The SMILES string of the molecule is O=C(CN1C(=O)c2cc(Cl)c(Cl)cc2C1=O)Nc1ccccc1. The molecule has 23 heavy (non-hydrogen) atoms. The Balaban J connectivity index is 1.78. The number of rotatable bonds is 3. The number of fused-ring (bicyclic) bond motifs is 1. The zero-order valence-corrected chi connectivity index (χ0v) is 13.2. The molecule has 0 aromatic heterocycles. The minimum Gasteiger partial charge on any atom is -0.325 e. The summed E-state index contributed by atoms with van der Waals surface area (Å²) in [7, 11) is 0. The lowest BCUT2D eigenvalue weighted by molar-refractivity contribution is -0.116. The highest BCUT2D eigenvalue weighted by Gasteiger charge is 2.37. The first-order valence-electron chi connectivity index (χ1n) is 6.67. The minimum absolute atomic E-state index is 0.150. The van der Waals surface area contributed by atoms with Gasteiger partial charge in [-0.2, -0.15) is 0 Å². The Labute approximate surface area is 141 Å². The highest BCUT2D eigenvalue weighted by atomic mass is 35.5. The van der Waals surface area contributed by atoms with Crippen molar-refractivity contribution in [1.29, 1.82) is 0 Å². The van der Waals surface area contributed by atoms with Gasteiger partial charge in [0.25, 0.3) is 11.8 Å². The Morgan fingerprint density at radius 3 is 2.00 bits per heavy atom. The maximum Gasteiger partial charge on any atom is 0.262 e. The Bertz CT molecular complexity index is 781. The third kappa shape index (κ3) is 2.93. The van der Waals surface area contributed by atoms with Crippen LogP contribution in [0.1, 0.15) is 20.7 Å². The van der Waals surface area contributed by atoms with Crippen molar-refractivity contribution < 1.29 is 14.4 Å². The van der Waals surface area contributed by atoms with E-state index in [2.05, 4.69) is 5.32 Å². The third-order valence-corrected chi connectivity index (χ3v) is 4.09. The Morgan fingerprint density at radius 1 is 0.957 bits per heavy atom. The molecule has 0 saturated carbocycles. The van der Waals surface area contributed by atoms with E-state index >= 15 is 0 Å². The van der Waals surface area contributed by atoms with Crippen molar-refractivity contribution >= 4 is 46.6 Å². The highest BCUT2D eigenvalue weighted by molar-refractivity contribution is 6.43. The van der Waals surface area contributed by atoms with Crippen LogP contribution >= 0.6 is 23.2 Å². The largest absolute Gasteiger partial charge is 0.325 e. The van der Waals surface area contributed by atoms with Crippen LogP contribution in [0, 0.1) is 0 Å². The maximum absolute atomic E-state index is 12.3. The molecule has 1 aliphatic heterocycles. The van der Waals surface area contributed by atoms with Crippen molar-refractivity contribution in [3.63, 3.8) is 0 Å². The number of nitrogens with zero attached hydrogens (tertiary/aromatic N) is 1. The average molecular weight is 349 g/mol. The molecule has 0 atom stereocenters. The lowest BCUT2D eigenvalue weighted by Gasteiger charge is -2.13. The van der Waals surface area contributed by atoms with Crippen LogP contribution in [0.25, 0.3) is 0 Å². The second kappa shape index (κ2) is 6.02. The molecule has 2 aromatic rings. The zero-order chi connectivity index (χ0) is 16.6. The van der Waals surface area contributed by atoms with E-state index in [-0.39, 0.29) is 27.7 Å². The van der Waals surface area contributed by atoms with Crippen LogP contribution in [-0.4, -0.2) is 29.2 Å². The lowest BCUT2D eigenvalue weighted by Crippen LogP contribution is -2.37. The number of hydrogen-bond acceptors (Lipinski definition) is 3. The standard InChI is InChI=1S/C16H10Cl2N2O3/c17-12-6-10-11(7-13(12)18)16(23)20(15(10)22)8-14(21)19-9-4-2-1-3-5-9/h1-7H,8H2,(H,19,21). The fourth-order valence-corrected chi connectivity index (χ4v) is 2.62. The number of hydrogen-bond donors (Lipinski definition) is 1. The molecule has 0 spiro atoms. The van der Waals surface area contributed by atoms with E-state index in [1.807, 2.05) is 6.07 Å². The first-order valence-corrected chi connectivity index (χ1v) is 7.43. The maximum atomic E-state index is 12.3. The van der Waals surface area contributed by atoms with Crippen LogP contribution < -0.4 is 5.32 Å². The predicted octanol–water partition coefficient (Wildman–Crippen LogP) is 3.23. The van der Waals surface area contributed by atoms with Crippen LogP contribution in [0.2, 0.25) is 10.0 Å². The summed E-state index contributed by atoms with van der Waals surface area (Å²) in [6.07, 6.45) is 0. The second-order valence-corrected chi connectivity index (χ2v) is 5.74. The van der Waals surface area contributed by atoms with Gasteiger partial charge in [0, 0.05) is 5.69 Å². The molecular weight excluding hydrogens is 339 g/mol. The number of amides is 3. The smallest absolute Gasteiger partial charge is 0.262 e. The number of benzene rings is 2. The summed E-state index contributed by atoms with van der Waals surface area (Å²) in [5.74, 6) is -1.60. The number of nitrogens with one attached hydrogen (secondary N) is 1. The van der Waals surface area contributed by atoms with E-state index in [1.54, 1.807) is 24.3 Å². The number of anilines is 1. The van der Waals surface area contributed by atoms with E-state index in [0.717, 1.165) is 4.90 Å². The summed E-state index contributed by atoms with van der Waals surface area (Å²) in [4.78, 5) is 37.5. The van der Waals surface area contributed by atoms with E-state index < -0.39 is 17.7 Å². The number of imide groups is 1. The topological polar surface area (TPSA) is 66.5 Å². The lowest BCUT2D eigenvalue weighted by atomic mass is 10.1. The van der Waals surface area contributed by atoms with Gasteiger partial charge in [-0.3, -0.25) is 19.3 Å². The molecule has 0 fully saturated rings. The van der Waals surface area contributed by atoms with Gasteiger partial charge in [-0.1, -0.05) is 41.4 Å². The molecule has 1 N–H and O–H groups in total. The molecule has 2 aromatic carbocycles. The molecule has 1 heterocycles. The Kier molecular flexibility index (Phi) is 4.07. The summed E-state index contributed by atoms with van der Waals surface area (Å²) in [6.45, 7) is -0.378. The van der Waals surface area contributed by atoms with Gasteiger partial charge in [0.15, 0.2) is 0 Å². The van der Waals surface area contributed by atoms with Gasteiger partial charge in [-0.15, -0.1) is 0 Å². The fraction of sp³-hybridized carbons (Fsp3) is 0.0625. The average Bonchev–Trinajstić information content (AvgIpc) is 2.74. The molecule has 5 nitrogen and oxygen atoms in total. The summed E-state index contributed by atoms with van der Waals surface area (Å²) < 4.78 is 0. The predicted molar refractivity (Wildman–Crippen MR) is 86.9 cm³/mol. The van der Waals surface area contributed by atoms with Gasteiger partial charge in [0.2, 0.25) is 5.91 Å². The van der Waals surface area contributed by atoms with E-state index in [9.17, 15) is 14.4 Å².